The van der Waals surface area contributed by atoms with Gasteiger partial charge in [-0.3, -0.25) is 4.79 Å². The molecule has 0 heterocycles. The second kappa shape index (κ2) is 5.23. The fourth-order valence-corrected chi connectivity index (χ4v) is 1.93. The highest BCUT2D eigenvalue weighted by atomic mass is 79.9. The quantitative estimate of drug-likeness (QED) is 0.616. The molecule has 0 atom stereocenters. The molecule has 0 amide bonds. The molecule has 0 N–H and O–H groups in total. The van der Waals surface area contributed by atoms with Crippen molar-refractivity contribution >= 4 is 21.7 Å². The molecular formula is C14H10BrFO. The van der Waals surface area contributed by atoms with E-state index in [1.54, 1.807) is 42.5 Å². The smallest absolute Gasteiger partial charge is 0.173 e. The maximum absolute atomic E-state index is 13.5. The van der Waals surface area contributed by atoms with E-state index >= 15 is 0 Å². The first kappa shape index (κ1) is 12.0. The minimum absolute atomic E-state index is 0.0186. The van der Waals surface area contributed by atoms with E-state index in [2.05, 4.69) is 15.9 Å². The number of hydrogen-bond acceptors (Lipinski definition) is 1. The molecule has 0 radical (unpaired) electrons. The van der Waals surface area contributed by atoms with E-state index in [4.69, 9.17) is 0 Å². The molecule has 0 fully saturated rings. The molecule has 2 rings (SSSR count). The van der Waals surface area contributed by atoms with Crippen molar-refractivity contribution in [2.75, 3.05) is 5.33 Å². The second-order valence-corrected chi connectivity index (χ2v) is 4.17. The van der Waals surface area contributed by atoms with Crippen LogP contribution < -0.4 is 0 Å². The molecule has 1 nitrogen and oxygen atoms in total. The lowest BCUT2D eigenvalue weighted by atomic mass is 10.0. The Labute approximate surface area is 107 Å². The average Bonchev–Trinajstić information content (AvgIpc) is 2.39. The minimum Gasteiger partial charge on any atom is -0.293 e. The predicted octanol–water partition coefficient (Wildman–Crippen LogP) is 4.07. The van der Waals surface area contributed by atoms with Crippen molar-refractivity contribution in [2.45, 2.75) is 0 Å². The molecule has 0 saturated carbocycles. The molecule has 17 heavy (non-hydrogen) atoms. The first-order valence-electron chi connectivity index (χ1n) is 5.16. The molecule has 0 aliphatic heterocycles. The standard InChI is InChI=1S/C14H10BrFO/c15-9-14(17)11-7-5-10(6-8-11)12-3-1-2-4-13(12)16/h1-8H,9H2. The molecule has 0 aromatic heterocycles. The number of ketones is 1. The van der Waals surface area contributed by atoms with Gasteiger partial charge in [0.1, 0.15) is 5.82 Å². The molecule has 0 unspecified atom stereocenters. The maximum atomic E-state index is 13.5. The number of carbonyl (C=O) groups excluding carboxylic acids is 1. The van der Waals surface area contributed by atoms with Crippen LogP contribution in [0, 0.1) is 5.82 Å². The van der Waals surface area contributed by atoms with Gasteiger partial charge in [-0.2, -0.15) is 0 Å². The highest BCUT2D eigenvalue weighted by molar-refractivity contribution is 9.09. The zero-order chi connectivity index (χ0) is 12.3. The summed E-state index contributed by atoms with van der Waals surface area (Å²) in [7, 11) is 0. The zero-order valence-corrected chi connectivity index (χ0v) is 10.6. The van der Waals surface area contributed by atoms with Gasteiger partial charge < -0.3 is 0 Å². The summed E-state index contributed by atoms with van der Waals surface area (Å²) >= 11 is 3.12. The highest BCUT2D eigenvalue weighted by Gasteiger charge is 2.06. The van der Waals surface area contributed by atoms with Gasteiger partial charge in [0.25, 0.3) is 0 Å². The van der Waals surface area contributed by atoms with E-state index in [0.29, 0.717) is 16.5 Å². The summed E-state index contributed by atoms with van der Waals surface area (Å²) in [6.07, 6.45) is 0. The summed E-state index contributed by atoms with van der Waals surface area (Å²) in [6, 6.07) is 13.5. The average molecular weight is 293 g/mol. The topological polar surface area (TPSA) is 17.1 Å². The Morgan fingerprint density at radius 2 is 1.71 bits per heavy atom. The van der Waals surface area contributed by atoms with E-state index in [1.807, 2.05) is 0 Å². The lowest BCUT2D eigenvalue weighted by Gasteiger charge is -2.04. The number of Topliss-reactive ketones (excluding diaryl/α,β-unsaturated/α-hetero) is 1. The first-order chi connectivity index (χ1) is 8.22. The van der Waals surface area contributed by atoms with Crippen molar-refractivity contribution in [3.63, 3.8) is 0 Å². The van der Waals surface area contributed by atoms with Crippen LogP contribution in [0.3, 0.4) is 0 Å². The number of rotatable bonds is 3. The van der Waals surface area contributed by atoms with Crippen LogP contribution in [0.5, 0.6) is 0 Å². The van der Waals surface area contributed by atoms with Gasteiger partial charge in [0.2, 0.25) is 0 Å². The van der Waals surface area contributed by atoms with Crippen LogP contribution in [0.4, 0.5) is 4.39 Å². The van der Waals surface area contributed by atoms with Crippen LogP contribution in [0.1, 0.15) is 10.4 Å². The van der Waals surface area contributed by atoms with E-state index in [0.717, 1.165) is 5.56 Å². The van der Waals surface area contributed by atoms with E-state index in [9.17, 15) is 9.18 Å². The third-order valence-corrected chi connectivity index (χ3v) is 3.02. The Bertz CT molecular complexity index is 534. The van der Waals surface area contributed by atoms with Gasteiger partial charge in [-0.25, -0.2) is 4.39 Å². The summed E-state index contributed by atoms with van der Waals surface area (Å²) < 4.78 is 13.5. The first-order valence-corrected chi connectivity index (χ1v) is 6.28. The fraction of sp³-hybridized carbons (Fsp3) is 0.0714. The fourth-order valence-electron chi connectivity index (χ4n) is 1.61. The van der Waals surface area contributed by atoms with Crippen LogP contribution >= 0.6 is 15.9 Å². The van der Waals surface area contributed by atoms with Gasteiger partial charge in [-0.05, 0) is 11.6 Å². The Hall–Kier alpha value is -1.48. The van der Waals surface area contributed by atoms with Crippen LogP contribution in [0.25, 0.3) is 11.1 Å². The summed E-state index contributed by atoms with van der Waals surface area (Å²) in [5, 5.41) is 0.298. The van der Waals surface area contributed by atoms with Gasteiger partial charge in [0, 0.05) is 11.1 Å². The van der Waals surface area contributed by atoms with Crippen molar-refractivity contribution < 1.29 is 9.18 Å². The minimum atomic E-state index is -0.257. The Morgan fingerprint density at radius 1 is 1.06 bits per heavy atom. The van der Waals surface area contributed by atoms with Crippen LogP contribution in [-0.4, -0.2) is 11.1 Å². The zero-order valence-electron chi connectivity index (χ0n) is 8.99. The van der Waals surface area contributed by atoms with Crippen LogP contribution in [-0.2, 0) is 0 Å². The van der Waals surface area contributed by atoms with Crippen molar-refractivity contribution in [2.24, 2.45) is 0 Å². The van der Waals surface area contributed by atoms with Gasteiger partial charge >= 0.3 is 0 Å². The Morgan fingerprint density at radius 3 is 2.29 bits per heavy atom. The molecule has 0 spiro atoms. The Balaban J connectivity index is 2.36. The molecule has 0 bridgehead atoms. The lowest BCUT2D eigenvalue weighted by molar-refractivity contribution is 0.102. The predicted molar refractivity (Wildman–Crippen MR) is 70.0 cm³/mol. The lowest BCUT2D eigenvalue weighted by Crippen LogP contribution is -1.99. The van der Waals surface area contributed by atoms with Gasteiger partial charge in [0.05, 0.1) is 5.33 Å². The molecule has 0 aliphatic carbocycles. The summed E-state index contributed by atoms with van der Waals surface area (Å²) in [4.78, 5) is 11.4. The summed E-state index contributed by atoms with van der Waals surface area (Å²) in [5.74, 6) is -0.239. The molecule has 0 saturated heterocycles. The molecule has 86 valence electrons. The van der Waals surface area contributed by atoms with Crippen molar-refractivity contribution in [3.8, 4) is 11.1 Å². The normalized spacial score (nSPS) is 10.2. The van der Waals surface area contributed by atoms with Crippen LogP contribution in [0.15, 0.2) is 48.5 Å². The number of hydrogen-bond donors (Lipinski definition) is 0. The van der Waals surface area contributed by atoms with Gasteiger partial charge in [-0.15, -0.1) is 0 Å². The molecular weight excluding hydrogens is 283 g/mol. The molecule has 2 aromatic carbocycles. The summed E-state index contributed by atoms with van der Waals surface area (Å²) in [5.41, 5.74) is 1.95. The SMILES string of the molecule is O=C(CBr)c1ccc(-c2ccccc2F)cc1. The molecule has 3 heteroatoms. The second-order valence-electron chi connectivity index (χ2n) is 3.61. The van der Waals surface area contributed by atoms with Crippen molar-refractivity contribution in [3.05, 3.63) is 59.9 Å². The maximum Gasteiger partial charge on any atom is 0.173 e. The van der Waals surface area contributed by atoms with E-state index < -0.39 is 0 Å². The number of benzene rings is 2. The summed E-state index contributed by atoms with van der Waals surface area (Å²) in [6.45, 7) is 0. The monoisotopic (exact) mass is 292 g/mol. The van der Waals surface area contributed by atoms with E-state index in [1.165, 1.54) is 6.07 Å². The largest absolute Gasteiger partial charge is 0.293 e. The number of halogens is 2. The van der Waals surface area contributed by atoms with Crippen molar-refractivity contribution in [1.29, 1.82) is 0 Å². The molecule has 2 aromatic rings. The van der Waals surface area contributed by atoms with Crippen LogP contribution in [0.2, 0.25) is 0 Å². The van der Waals surface area contributed by atoms with Crippen molar-refractivity contribution in [1.82, 2.24) is 0 Å². The highest BCUT2D eigenvalue weighted by Crippen LogP contribution is 2.22. The third-order valence-electron chi connectivity index (χ3n) is 2.51. The van der Waals surface area contributed by atoms with E-state index in [-0.39, 0.29) is 11.6 Å². The number of alkyl halides is 1. The van der Waals surface area contributed by atoms with Gasteiger partial charge in [0.15, 0.2) is 5.78 Å². The third kappa shape index (κ3) is 2.61. The number of carbonyl (C=O) groups is 1. The Kier molecular flexibility index (Phi) is 3.69. The molecule has 0 aliphatic rings. The van der Waals surface area contributed by atoms with Gasteiger partial charge in [-0.1, -0.05) is 58.4 Å².